The quantitative estimate of drug-likeness (QED) is 0.557. The molecule has 0 aliphatic carbocycles. The van der Waals surface area contributed by atoms with Gasteiger partial charge in [-0.2, -0.15) is 5.26 Å². The molecule has 0 saturated carbocycles. The number of carbonyl (C=O) groups is 2. The predicted octanol–water partition coefficient (Wildman–Crippen LogP) is 3.57. The van der Waals surface area contributed by atoms with Gasteiger partial charge in [-0.05, 0) is 43.2 Å². The molecule has 0 amide bonds. The number of benzene rings is 2. The number of nitrogens with two attached hydrogens (primary N) is 1. The average Bonchev–Trinajstić information content (AvgIpc) is 3.05. The van der Waals surface area contributed by atoms with Crippen LogP contribution >= 0.6 is 0 Å². The lowest BCUT2D eigenvalue weighted by molar-refractivity contribution is 0.0593. The molecule has 6 nitrogen and oxygen atoms in total. The number of anilines is 1. The lowest BCUT2D eigenvalue weighted by atomic mass is 9.99. The van der Waals surface area contributed by atoms with Gasteiger partial charge in [0.2, 0.25) is 0 Å². The Balaban J connectivity index is 2.10. The maximum absolute atomic E-state index is 12.9. The topological polar surface area (TPSA) is 98.1 Å². The number of nitrogens with zero attached hydrogens (tertiary/aromatic N) is 2. The predicted molar refractivity (Wildman–Crippen MR) is 106 cm³/mol. The summed E-state index contributed by atoms with van der Waals surface area (Å²) in [5, 5.41) is 9.25. The van der Waals surface area contributed by atoms with Crippen molar-refractivity contribution in [3.8, 4) is 11.8 Å². The fourth-order valence-corrected chi connectivity index (χ4v) is 2.96. The Morgan fingerprint density at radius 2 is 1.79 bits per heavy atom. The number of esters is 1. The maximum atomic E-state index is 12.9. The highest BCUT2D eigenvalue weighted by molar-refractivity contribution is 6.09. The molecule has 3 rings (SSSR count). The van der Waals surface area contributed by atoms with Crippen LogP contribution in [-0.4, -0.2) is 23.4 Å². The minimum absolute atomic E-state index is 0.0419. The van der Waals surface area contributed by atoms with Crippen molar-refractivity contribution in [3.63, 3.8) is 0 Å². The van der Waals surface area contributed by atoms with Gasteiger partial charge in [0.05, 0.1) is 18.4 Å². The van der Waals surface area contributed by atoms with Crippen molar-refractivity contribution in [2.45, 2.75) is 13.8 Å². The van der Waals surface area contributed by atoms with E-state index in [9.17, 15) is 14.9 Å². The lowest BCUT2D eigenvalue weighted by Gasteiger charge is -2.10. The van der Waals surface area contributed by atoms with Crippen LogP contribution in [0.4, 0.5) is 5.69 Å². The number of hydrogen-bond donors (Lipinski definition) is 1. The van der Waals surface area contributed by atoms with Gasteiger partial charge in [0.1, 0.15) is 6.07 Å². The summed E-state index contributed by atoms with van der Waals surface area (Å²) in [6.45, 7) is 3.94. The Morgan fingerprint density at radius 3 is 2.43 bits per heavy atom. The second kappa shape index (κ2) is 7.41. The number of aryl methyl sites for hydroxylation is 2. The van der Waals surface area contributed by atoms with Crippen LogP contribution in [0.25, 0.3) is 5.69 Å². The Hall–Kier alpha value is -3.85. The Labute approximate surface area is 162 Å². The molecule has 3 aromatic rings. The van der Waals surface area contributed by atoms with Crippen molar-refractivity contribution in [1.82, 2.24) is 4.57 Å². The molecule has 0 radical (unpaired) electrons. The van der Waals surface area contributed by atoms with Crippen LogP contribution in [0.3, 0.4) is 0 Å². The van der Waals surface area contributed by atoms with Crippen LogP contribution in [0.15, 0.2) is 48.7 Å². The van der Waals surface area contributed by atoms with Gasteiger partial charge in [-0.1, -0.05) is 24.3 Å². The van der Waals surface area contributed by atoms with E-state index in [-0.39, 0.29) is 22.7 Å². The third kappa shape index (κ3) is 3.26. The fraction of sp³-hybridized carbons (Fsp3) is 0.136. The zero-order chi connectivity index (χ0) is 20.4. The summed E-state index contributed by atoms with van der Waals surface area (Å²) in [7, 11) is 1.24. The normalized spacial score (nSPS) is 10.4. The van der Waals surface area contributed by atoms with E-state index in [2.05, 4.69) is 0 Å². The molecule has 0 bridgehead atoms. The van der Waals surface area contributed by atoms with Crippen LogP contribution in [-0.2, 0) is 4.74 Å². The van der Waals surface area contributed by atoms with Gasteiger partial charge in [0, 0.05) is 23.0 Å². The van der Waals surface area contributed by atoms with E-state index < -0.39 is 5.97 Å². The van der Waals surface area contributed by atoms with Crippen LogP contribution in [0, 0.1) is 25.2 Å². The highest BCUT2D eigenvalue weighted by Crippen LogP contribution is 2.26. The Morgan fingerprint density at radius 1 is 1.07 bits per heavy atom. The molecule has 0 unspecified atom stereocenters. The van der Waals surface area contributed by atoms with Crippen molar-refractivity contribution < 1.29 is 14.3 Å². The first kappa shape index (κ1) is 18.9. The highest BCUT2D eigenvalue weighted by atomic mass is 16.5. The van der Waals surface area contributed by atoms with Gasteiger partial charge in [0.25, 0.3) is 0 Å². The molecule has 1 aromatic heterocycles. The number of nitrogen functional groups attached to an aromatic ring is 1. The van der Waals surface area contributed by atoms with E-state index in [1.165, 1.54) is 17.9 Å². The summed E-state index contributed by atoms with van der Waals surface area (Å²) in [5.74, 6) is -0.796. The molecule has 2 N–H and O–H groups in total. The molecule has 0 saturated heterocycles. The molecule has 0 atom stereocenters. The third-order valence-corrected chi connectivity index (χ3v) is 4.70. The largest absolute Gasteiger partial charge is 0.464 e. The van der Waals surface area contributed by atoms with E-state index >= 15 is 0 Å². The molecule has 140 valence electrons. The smallest absolute Gasteiger partial charge is 0.357 e. The summed E-state index contributed by atoms with van der Waals surface area (Å²) in [4.78, 5) is 25.1. The number of nitriles is 1. The van der Waals surface area contributed by atoms with Gasteiger partial charge < -0.3 is 15.0 Å². The number of carbonyl (C=O) groups excluding carboxylic acids is 2. The first-order valence-electron chi connectivity index (χ1n) is 8.59. The number of hydrogen-bond acceptors (Lipinski definition) is 5. The van der Waals surface area contributed by atoms with Crippen LogP contribution in [0.1, 0.15) is 43.1 Å². The number of ether oxygens (including phenoxy) is 1. The van der Waals surface area contributed by atoms with E-state index in [1.807, 2.05) is 32.0 Å². The van der Waals surface area contributed by atoms with E-state index in [0.717, 1.165) is 11.1 Å². The monoisotopic (exact) mass is 373 g/mol. The first-order chi connectivity index (χ1) is 13.4. The van der Waals surface area contributed by atoms with Crippen LogP contribution < -0.4 is 5.73 Å². The van der Waals surface area contributed by atoms with Gasteiger partial charge in [0.15, 0.2) is 11.5 Å². The minimum Gasteiger partial charge on any atom is -0.464 e. The summed E-state index contributed by atoms with van der Waals surface area (Å²) < 4.78 is 6.26. The standard InChI is InChI=1S/C22H19N3O3/c1-13-7-8-16(9-14(13)2)21(26)15-5-4-6-18(10-15)25-12-17(11-23)19(24)20(25)22(27)28-3/h4-10,12H,24H2,1-3H3. The molecular formula is C22H19N3O3. The van der Waals surface area contributed by atoms with Gasteiger partial charge in [-0.25, -0.2) is 4.79 Å². The Bertz CT molecular complexity index is 1140. The molecule has 0 fully saturated rings. The zero-order valence-electron chi connectivity index (χ0n) is 15.8. The second-order valence-electron chi connectivity index (χ2n) is 6.46. The summed E-state index contributed by atoms with van der Waals surface area (Å²) in [6, 6.07) is 14.3. The average molecular weight is 373 g/mol. The van der Waals surface area contributed by atoms with Gasteiger partial charge >= 0.3 is 5.97 Å². The SMILES string of the molecule is COC(=O)c1c(N)c(C#N)cn1-c1cccc(C(=O)c2ccc(C)c(C)c2)c1. The van der Waals surface area contributed by atoms with Crippen LogP contribution in [0.5, 0.6) is 0 Å². The fourth-order valence-electron chi connectivity index (χ4n) is 2.96. The summed E-state index contributed by atoms with van der Waals surface area (Å²) in [5.41, 5.74) is 9.91. The molecule has 0 aliphatic rings. The number of methoxy groups -OCH3 is 1. The van der Waals surface area contributed by atoms with Crippen molar-refractivity contribution >= 4 is 17.4 Å². The summed E-state index contributed by atoms with van der Waals surface area (Å²) >= 11 is 0. The third-order valence-electron chi connectivity index (χ3n) is 4.70. The molecule has 6 heteroatoms. The second-order valence-corrected chi connectivity index (χ2v) is 6.46. The molecule has 0 aliphatic heterocycles. The van der Waals surface area contributed by atoms with Crippen molar-refractivity contribution in [2.75, 3.05) is 12.8 Å². The number of rotatable bonds is 4. The molecular weight excluding hydrogens is 354 g/mol. The number of ketones is 1. The van der Waals surface area contributed by atoms with E-state index in [4.69, 9.17) is 10.5 Å². The van der Waals surface area contributed by atoms with Crippen molar-refractivity contribution in [2.24, 2.45) is 0 Å². The molecule has 1 heterocycles. The van der Waals surface area contributed by atoms with Crippen molar-refractivity contribution in [3.05, 3.63) is 82.2 Å². The first-order valence-corrected chi connectivity index (χ1v) is 8.59. The minimum atomic E-state index is -0.662. The van der Waals surface area contributed by atoms with Gasteiger partial charge in [-0.15, -0.1) is 0 Å². The summed E-state index contributed by atoms with van der Waals surface area (Å²) in [6.07, 6.45) is 1.46. The maximum Gasteiger partial charge on any atom is 0.357 e. The Kier molecular flexibility index (Phi) is 5.01. The highest BCUT2D eigenvalue weighted by Gasteiger charge is 2.22. The van der Waals surface area contributed by atoms with E-state index in [1.54, 1.807) is 30.3 Å². The number of aromatic nitrogens is 1. The van der Waals surface area contributed by atoms with Crippen molar-refractivity contribution in [1.29, 1.82) is 5.26 Å². The molecule has 2 aromatic carbocycles. The molecule has 28 heavy (non-hydrogen) atoms. The molecule has 0 spiro atoms. The van der Waals surface area contributed by atoms with Crippen LogP contribution in [0.2, 0.25) is 0 Å². The lowest BCUT2D eigenvalue weighted by Crippen LogP contribution is -2.11. The zero-order valence-corrected chi connectivity index (χ0v) is 15.8. The van der Waals surface area contributed by atoms with E-state index in [0.29, 0.717) is 16.8 Å². The van der Waals surface area contributed by atoms with Gasteiger partial charge in [-0.3, -0.25) is 4.79 Å².